The molecular formula is C22H23N7O4. The van der Waals surface area contributed by atoms with E-state index in [0.29, 0.717) is 34.5 Å². The van der Waals surface area contributed by atoms with E-state index in [1.807, 2.05) is 24.3 Å². The second-order valence-corrected chi connectivity index (χ2v) is 7.28. The lowest BCUT2D eigenvalue weighted by Gasteiger charge is -2.10. The Morgan fingerprint density at radius 1 is 1.30 bits per heavy atom. The van der Waals surface area contributed by atoms with Crippen LogP contribution in [0.3, 0.4) is 0 Å². The zero-order chi connectivity index (χ0) is 23.4. The van der Waals surface area contributed by atoms with Crippen molar-refractivity contribution in [2.24, 2.45) is 16.6 Å². The maximum Gasteiger partial charge on any atom is 0.240 e. The molecule has 170 valence electrons. The van der Waals surface area contributed by atoms with Crippen LogP contribution >= 0.6 is 0 Å². The first kappa shape index (κ1) is 22.1. The van der Waals surface area contributed by atoms with E-state index in [4.69, 9.17) is 19.7 Å². The predicted octanol–water partition coefficient (Wildman–Crippen LogP) is 2.21. The zero-order valence-electron chi connectivity index (χ0n) is 18.4. The first-order chi connectivity index (χ1) is 16.0. The Morgan fingerprint density at radius 2 is 2.09 bits per heavy atom. The Kier molecular flexibility index (Phi) is 6.41. The van der Waals surface area contributed by atoms with Crippen LogP contribution in [0.25, 0.3) is 27.9 Å². The quantitative estimate of drug-likeness (QED) is 0.383. The summed E-state index contributed by atoms with van der Waals surface area (Å²) in [6, 6.07) is 9.33. The van der Waals surface area contributed by atoms with E-state index in [-0.39, 0.29) is 13.2 Å². The van der Waals surface area contributed by atoms with Crippen LogP contribution in [0.2, 0.25) is 0 Å². The van der Waals surface area contributed by atoms with Crippen LogP contribution < -0.4 is 10.5 Å². The molecule has 0 aliphatic heterocycles. The highest BCUT2D eigenvalue weighted by atomic mass is 16.5. The molecule has 1 aromatic carbocycles. The highest BCUT2D eigenvalue weighted by molar-refractivity contribution is 5.99. The molecule has 0 fully saturated rings. The molecule has 0 saturated carbocycles. The van der Waals surface area contributed by atoms with Gasteiger partial charge in [0.05, 0.1) is 11.6 Å². The molecule has 33 heavy (non-hydrogen) atoms. The Balaban J connectivity index is 1.70. The van der Waals surface area contributed by atoms with Gasteiger partial charge in [0.2, 0.25) is 17.6 Å². The van der Waals surface area contributed by atoms with Crippen LogP contribution in [0.15, 0.2) is 52.0 Å². The predicted molar refractivity (Wildman–Crippen MR) is 121 cm³/mol. The molecule has 0 radical (unpaired) electrons. The van der Waals surface area contributed by atoms with Gasteiger partial charge in [0, 0.05) is 31.0 Å². The number of rotatable bonds is 9. The zero-order valence-corrected chi connectivity index (χ0v) is 18.4. The Hall–Kier alpha value is -4.12. The van der Waals surface area contributed by atoms with Gasteiger partial charge < -0.3 is 19.7 Å². The Morgan fingerprint density at radius 3 is 2.82 bits per heavy atom. The fourth-order valence-corrected chi connectivity index (χ4v) is 3.13. The van der Waals surface area contributed by atoms with Crippen molar-refractivity contribution in [3.8, 4) is 17.4 Å². The fourth-order valence-electron chi connectivity index (χ4n) is 3.13. The van der Waals surface area contributed by atoms with Gasteiger partial charge in [0.1, 0.15) is 13.2 Å². The molecule has 11 heteroatoms. The lowest BCUT2D eigenvalue weighted by Crippen LogP contribution is -2.19. The number of amides is 1. The third-order valence-electron chi connectivity index (χ3n) is 4.97. The summed E-state index contributed by atoms with van der Waals surface area (Å²) in [6.07, 6.45) is 3.40. The maximum atomic E-state index is 11.3. The molecule has 11 nitrogen and oxygen atoms in total. The second-order valence-electron chi connectivity index (χ2n) is 7.28. The lowest BCUT2D eigenvalue weighted by atomic mass is 10.1. The molecule has 3 heterocycles. The third-order valence-corrected chi connectivity index (χ3v) is 4.97. The number of carbonyl (C=O) groups is 1. The van der Waals surface area contributed by atoms with E-state index < -0.39 is 11.8 Å². The number of fused-ring (bicyclic) bond motifs is 3. The van der Waals surface area contributed by atoms with Gasteiger partial charge in [0.25, 0.3) is 0 Å². The van der Waals surface area contributed by atoms with Crippen LogP contribution in [0.1, 0.15) is 12.7 Å². The number of aromatic nitrogens is 5. The van der Waals surface area contributed by atoms with Crippen LogP contribution in [-0.4, -0.2) is 57.4 Å². The second kappa shape index (κ2) is 9.57. The minimum Gasteiger partial charge on any atom is -0.470 e. The molecule has 0 spiro atoms. The summed E-state index contributed by atoms with van der Waals surface area (Å²) < 4.78 is 18.0. The number of nitrogens with two attached hydrogens (primary N) is 1. The number of ether oxygens (including phenoxy) is 2. The van der Waals surface area contributed by atoms with Crippen LogP contribution in [0.4, 0.5) is 0 Å². The van der Waals surface area contributed by atoms with Gasteiger partial charge in [-0.25, -0.2) is 0 Å². The van der Waals surface area contributed by atoms with Crippen LogP contribution in [-0.2, 0) is 16.1 Å². The summed E-state index contributed by atoms with van der Waals surface area (Å²) in [7, 11) is 3.22. The number of carbonyl (C=O) groups excluding carboxylic acids is 1. The summed E-state index contributed by atoms with van der Waals surface area (Å²) in [6.45, 7) is 2.14. The van der Waals surface area contributed by atoms with Crippen molar-refractivity contribution in [3.63, 3.8) is 0 Å². The average Bonchev–Trinajstić information content (AvgIpc) is 3.46. The summed E-state index contributed by atoms with van der Waals surface area (Å²) in [5.41, 5.74) is 6.97. The molecule has 0 aliphatic carbocycles. The standard InChI is InChI=1S/C22H23N7O4/c1-13(19(23)30)8-9-14(24-2)11-32-22-17-7-5-4-6-16(17)20-25-26-21(29(20)27-22)18-10-15(12-31-3)33-28-18/h4-10,13H,11-12H2,1-3H3,(H2,23,30)/b9-8-,24-14+. The van der Waals surface area contributed by atoms with Crippen molar-refractivity contribution < 1.29 is 18.8 Å². The minimum atomic E-state index is -0.415. The first-order valence-corrected chi connectivity index (χ1v) is 10.2. The molecule has 4 rings (SSSR count). The summed E-state index contributed by atoms with van der Waals surface area (Å²) in [4.78, 5) is 15.5. The van der Waals surface area contributed by atoms with Gasteiger partial charge in [-0.3, -0.25) is 9.79 Å². The van der Waals surface area contributed by atoms with E-state index >= 15 is 0 Å². The van der Waals surface area contributed by atoms with Crippen molar-refractivity contribution in [2.45, 2.75) is 13.5 Å². The number of nitrogens with zero attached hydrogens (tertiary/aromatic N) is 6. The number of primary amides is 1. The van der Waals surface area contributed by atoms with E-state index in [1.54, 1.807) is 43.8 Å². The van der Waals surface area contributed by atoms with Crippen molar-refractivity contribution in [2.75, 3.05) is 20.8 Å². The van der Waals surface area contributed by atoms with Crippen LogP contribution in [0.5, 0.6) is 5.88 Å². The SMILES string of the molecule is C/N=C(\C=C/C(C)C(N)=O)COc1nn2c(-c3cc(COC)on3)nnc2c2ccccc12. The van der Waals surface area contributed by atoms with E-state index in [9.17, 15) is 4.79 Å². The van der Waals surface area contributed by atoms with E-state index in [0.717, 1.165) is 10.8 Å². The number of hydrogen-bond donors (Lipinski definition) is 1. The molecule has 4 aromatic rings. The Labute approximate surface area is 188 Å². The fraction of sp³-hybridized carbons (Fsp3) is 0.273. The van der Waals surface area contributed by atoms with E-state index in [2.05, 4.69) is 25.4 Å². The molecular weight excluding hydrogens is 426 g/mol. The van der Waals surface area contributed by atoms with Gasteiger partial charge in [-0.05, 0) is 12.1 Å². The summed E-state index contributed by atoms with van der Waals surface area (Å²) in [5, 5.41) is 18.8. The van der Waals surface area contributed by atoms with Crippen molar-refractivity contribution in [1.82, 2.24) is 25.0 Å². The van der Waals surface area contributed by atoms with Gasteiger partial charge >= 0.3 is 0 Å². The van der Waals surface area contributed by atoms with Gasteiger partial charge in [-0.15, -0.1) is 15.3 Å². The molecule has 1 unspecified atom stereocenters. The third kappa shape index (κ3) is 4.58. The average molecular weight is 449 g/mol. The molecule has 0 saturated heterocycles. The minimum absolute atomic E-state index is 0.139. The molecule has 1 amide bonds. The summed E-state index contributed by atoms with van der Waals surface area (Å²) in [5.74, 6) is 0.510. The number of methoxy groups -OCH3 is 1. The number of aliphatic imine (C=N–C) groups is 1. The van der Waals surface area contributed by atoms with Crippen LogP contribution in [0, 0.1) is 5.92 Å². The van der Waals surface area contributed by atoms with Crippen molar-refractivity contribution >= 4 is 28.0 Å². The first-order valence-electron chi connectivity index (χ1n) is 10.2. The molecule has 2 N–H and O–H groups in total. The van der Waals surface area contributed by atoms with Crippen molar-refractivity contribution in [3.05, 3.63) is 48.2 Å². The normalized spacial score (nSPS) is 13.2. The van der Waals surface area contributed by atoms with Crippen molar-refractivity contribution in [1.29, 1.82) is 0 Å². The maximum absolute atomic E-state index is 11.3. The monoisotopic (exact) mass is 449 g/mol. The Bertz CT molecular complexity index is 1360. The molecule has 3 aromatic heterocycles. The number of hydrogen-bond acceptors (Lipinski definition) is 9. The van der Waals surface area contributed by atoms with E-state index in [1.165, 1.54) is 0 Å². The highest BCUT2D eigenvalue weighted by Crippen LogP contribution is 2.28. The molecule has 0 bridgehead atoms. The molecule has 1 atom stereocenters. The topological polar surface area (TPSA) is 143 Å². The van der Waals surface area contributed by atoms with Gasteiger partial charge in [-0.2, -0.15) is 4.52 Å². The van der Waals surface area contributed by atoms with Gasteiger partial charge in [0.15, 0.2) is 17.1 Å². The highest BCUT2D eigenvalue weighted by Gasteiger charge is 2.19. The summed E-state index contributed by atoms with van der Waals surface area (Å²) >= 11 is 0. The number of benzene rings is 1. The van der Waals surface area contributed by atoms with Gasteiger partial charge in [-0.1, -0.05) is 36.4 Å². The smallest absolute Gasteiger partial charge is 0.240 e. The largest absolute Gasteiger partial charge is 0.470 e. The molecule has 0 aliphatic rings. The lowest BCUT2D eigenvalue weighted by molar-refractivity contribution is -0.120.